The first-order valence-electron chi connectivity index (χ1n) is 10.1. The van der Waals surface area contributed by atoms with Gasteiger partial charge in [-0.05, 0) is 61.0 Å². The number of para-hydroxylation sites is 1. The van der Waals surface area contributed by atoms with Crippen molar-refractivity contribution in [3.63, 3.8) is 0 Å². The third-order valence-electron chi connectivity index (χ3n) is 5.44. The fourth-order valence-electron chi connectivity index (χ4n) is 3.91. The molecule has 2 N–H and O–H groups in total. The quantitative estimate of drug-likeness (QED) is 0.339. The van der Waals surface area contributed by atoms with Crippen molar-refractivity contribution in [2.24, 2.45) is 0 Å². The van der Waals surface area contributed by atoms with Crippen molar-refractivity contribution in [3.05, 3.63) is 94.6 Å². The van der Waals surface area contributed by atoms with Gasteiger partial charge in [0.2, 0.25) is 0 Å². The van der Waals surface area contributed by atoms with Gasteiger partial charge in [0.05, 0.1) is 28.0 Å². The first-order valence-corrected chi connectivity index (χ1v) is 10.5. The Bertz CT molecular complexity index is 1470. The maximum absolute atomic E-state index is 12.8. The number of aromatic nitrogens is 1. The second kappa shape index (κ2) is 9.13. The number of anilines is 3. The van der Waals surface area contributed by atoms with Gasteiger partial charge in [-0.1, -0.05) is 29.8 Å². The molecular weight excluding hydrogens is 475 g/mol. The molecule has 2 heterocycles. The number of fused-ring (bicyclic) bond motifs is 2. The molecule has 1 aromatic heterocycles. The van der Waals surface area contributed by atoms with E-state index in [4.69, 9.17) is 11.6 Å². The van der Waals surface area contributed by atoms with Crippen molar-refractivity contribution in [3.8, 4) is 0 Å². The monoisotopic (exact) mass is 492 g/mol. The van der Waals surface area contributed by atoms with E-state index >= 15 is 0 Å². The average Bonchev–Trinajstić information content (AvgIpc) is 3.04. The summed E-state index contributed by atoms with van der Waals surface area (Å²) in [5, 5.41) is 6.83. The molecule has 0 atom stereocenters. The van der Waals surface area contributed by atoms with Gasteiger partial charge in [0.1, 0.15) is 0 Å². The van der Waals surface area contributed by atoms with E-state index in [2.05, 4.69) is 15.6 Å². The Morgan fingerprint density at radius 1 is 0.912 bits per heavy atom. The minimum Gasteiger partial charge on any atom is -0.308 e. The molecule has 5 rings (SSSR count). The number of carbonyl (C=O) groups is 3. The van der Waals surface area contributed by atoms with Crippen LogP contribution in [0.25, 0.3) is 10.9 Å². The first-order chi connectivity index (χ1) is 15.9. The highest BCUT2D eigenvalue weighted by Crippen LogP contribution is 2.33. The van der Waals surface area contributed by atoms with Gasteiger partial charge >= 0.3 is 6.03 Å². The van der Waals surface area contributed by atoms with Gasteiger partial charge in [-0.15, -0.1) is 12.4 Å². The predicted octanol–water partition coefficient (Wildman–Crippen LogP) is 6.06. The fourth-order valence-corrected chi connectivity index (χ4v) is 4.08. The summed E-state index contributed by atoms with van der Waals surface area (Å²) in [6.45, 7) is 1.77. The number of pyridine rings is 1. The number of nitrogens with one attached hydrogen (secondary N) is 2. The zero-order valence-electron chi connectivity index (χ0n) is 17.8. The lowest BCUT2D eigenvalue weighted by molar-refractivity contribution is 0.0926. The summed E-state index contributed by atoms with van der Waals surface area (Å²) in [6, 6.07) is 18.4. The first kappa shape index (κ1) is 23.2. The summed E-state index contributed by atoms with van der Waals surface area (Å²) >= 11 is 5.99. The van der Waals surface area contributed by atoms with Crippen LogP contribution in [0.15, 0.2) is 72.9 Å². The lowest BCUT2D eigenvalue weighted by atomic mass is 10.1. The van der Waals surface area contributed by atoms with Crippen LogP contribution < -0.4 is 15.5 Å². The standard InChI is InChI=1S/C25H17ClN4O3.ClH/c1-14-12-16(28-25(33)29-21-10-11-27-20-5-3-2-4-18(20)21)7-9-22(14)30-23(31)17-8-6-15(26)13-19(17)24(30)32;/h2-13H,1H3,(H2,27,28,29,33);1H. The third kappa shape index (κ3) is 4.07. The van der Waals surface area contributed by atoms with E-state index in [1.165, 1.54) is 6.07 Å². The van der Waals surface area contributed by atoms with Crippen molar-refractivity contribution >= 4 is 69.8 Å². The van der Waals surface area contributed by atoms with E-state index in [1.807, 2.05) is 24.3 Å². The van der Waals surface area contributed by atoms with E-state index in [-0.39, 0.29) is 18.0 Å². The van der Waals surface area contributed by atoms with Gasteiger partial charge in [0, 0.05) is 22.3 Å². The van der Waals surface area contributed by atoms with Crippen LogP contribution in [0, 0.1) is 6.92 Å². The molecule has 170 valence electrons. The van der Waals surface area contributed by atoms with E-state index in [0.717, 1.165) is 15.8 Å². The van der Waals surface area contributed by atoms with E-state index in [0.29, 0.717) is 33.2 Å². The van der Waals surface area contributed by atoms with Crippen LogP contribution in [0.3, 0.4) is 0 Å². The molecule has 0 saturated carbocycles. The second-order valence-electron chi connectivity index (χ2n) is 7.59. The number of hydrogen-bond donors (Lipinski definition) is 2. The Hall–Kier alpha value is -3.94. The number of nitrogens with zero attached hydrogens (tertiary/aromatic N) is 2. The van der Waals surface area contributed by atoms with Crippen molar-refractivity contribution in [2.45, 2.75) is 6.92 Å². The second-order valence-corrected chi connectivity index (χ2v) is 8.03. The van der Waals surface area contributed by atoms with Gasteiger partial charge in [-0.2, -0.15) is 0 Å². The summed E-state index contributed by atoms with van der Waals surface area (Å²) in [7, 11) is 0. The summed E-state index contributed by atoms with van der Waals surface area (Å²) < 4.78 is 0. The Balaban J connectivity index is 0.00000274. The highest BCUT2D eigenvalue weighted by atomic mass is 35.5. The highest BCUT2D eigenvalue weighted by Gasteiger charge is 2.37. The fraction of sp³-hybridized carbons (Fsp3) is 0.0400. The van der Waals surface area contributed by atoms with E-state index in [1.54, 1.807) is 49.5 Å². The molecule has 34 heavy (non-hydrogen) atoms. The van der Waals surface area contributed by atoms with Gasteiger partial charge in [-0.3, -0.25) is 14.6 Å². The highest BCUT2D eigenvalue weighted by molar-refractivity contribution is 6.37. The number of imide groups is 1. The Labute approximate surface area is 206 Å². The van der Waals surface area contributed by atoms with Crippen LogP contribution in [-0.4, -0.2) is 22.8 Å². The SMILES string of the molecule is Cc1cc(NC(=O)Nc2ccnc3ccccc23)ccc1N1C(=O)c2ccc(Cl)cc2C1=O.Cl. The summed E-state index contributed by atoms with van der Waals surface area (Å²) in [4.78, 5) is 43.7. The van der Waals surface area contributed by atoms with Crippen LogP contribution in [-0.2, 0) is 0 Å². The van der Waals surface area contributed by atoms with Crippen LogP contribution in [0.4, 0.5) is 21.9 Å². The Morgan fingerprint density at radius 2 is 1.68 bits per heavy atom. The molecule has 1 aliphatic heterocycles. The molecule has 0 radical (unpaired) electrons. The zero-order chi connectivity index (χ0) is 23.1. The zero-order valence-corrected chi connectivity index (χ0v) is 19.4. The van der Waals surface area contributed by atoms with Crippen LogP contribution >= 0.6 is 24.0 Å². The van der Waals surface area contributed by atoms with Gasteiger partial charge in [0.15, 0.2) is 0 Å². The third-order valence-corrected chi connectivity index (χ3v) is 5.68. The smallest absolute Gasteiger partial charge is 0.308 e. The van der Waals surface area contributed by atoms with Crippen molar-refractivity contribution in [1.82, 2.24) is 4.98 Å². The topological polar surface area (TPSA) is 91.4 Å². The van der Waals surface area contributed by atoms with Crippen LogP contribution in [0.1, 0.15) is 26.3 Å². The summed E-state index contributed by atoms with van der Waals surface area (Å²) in [5.74, 6) is -0.832. The molecule has 0 bridgehead atoms. The average molecular weight is 493 g/mol. The number of urea groups is 1. The number of halogens is 2. The molecule has 0 fully saturated rings. The van der Waals surface area contributed by atoms with Crippen LogP contribution in [0.2, 0.25) is 5.02 Å². The molecule has 4 aromatic rings. The molecule has 0 unspecified atom stereocenters. The number of amides is 4. The maximum atomic E-state index is 12.8. The maximum Gasteiger partial charge on any atom is 0.323 e. The molecule has 3 aromatic carbocycles. The lowest BCUT2D eigenvalue weighted by Crippen LogP contribution is -2.30. The summed E-state index contributed by atoms with van der Waals surface area (Å²) in [5.41, 5.74) is 3.62. The normalized spacial score (nSPS) is 12.4. The number of hydrogen-bond acceptors (Lipinski definition) is 4. The van der Waals surface area contributed by atoms with Crippen molar-refractivity contribution < 1.29 is 14.4 Å². The van der Waals surface area contributed by atoms with E-state index in [9.17, 15) is 14.4 Å². The molecule has 0 spiro atoms. The molecule has 0 saturated heterocycles. The molecule has 7 nitrogen and oxygen atoms in total. The Kier molecular flexibility index (Phi) is 6.24. The molecule has 1 aliphatic rings. The summed E-state index contributed by atoms with van der Waals surface area (Å²) in [6.07, 6.45) is 1.63. The molecule has 4 amide bonds. The molecule has 0 aliphatic carbocycles. The van der Waals surface area contributed by atoms with Gasteiger partial charge in [-0.25, -0.2) is 9.69 Å². The largest absolute Gasteiger partial charge is 0.323 e. The predicted molar refractivity (Wildman–Crippen MR) is 135 cm³/mol. The number of rotatable bonds is 3. The lowest BCUT2D eigenvalue weighted by Gasteiger charge is -2.18. The van der Waals surface area contributed by atoms with Crippen molar-refractivity contribution in [1.29, 1.82) is 0 Å². The van der Waals surface area contributed by atoms with Crippen LogP contribution in [0.5, 0.6) is 0 Å². The van der Waals surface area contributed by atoms with Gasteiger partial charge in [0.25, 0.3) is 11.8 Å². The molecular formula is C25H18Cl2N4O3. The Morgan fingerprint density at radius 3 is 2.47 bits per heavy atom. The number of benzene rings is 3. The minimum atomic E-state index is -0.427. The van der Waals surface area contributed by atoms with Crippen molar-refractivity contribution in [2.75, 3.05) is 15.5 Å². The van der Waals surface area contributed by atoms with E-state index < -0.39 is 17.8 Å². The number of carbonyl (C=O) groups excluding carboxylic acids is 3. The van der Waals surface area contributed by atoms with Gasteiger partial charge < -0.3 is 10.6 Å². The molecule has 9 heteroatoms. The number of aryl methyl sites for hydroxylation is 1. The minimum absolute atomic E-state index is 0.